The highest BCUT2D eigenvalue weighted by Gasteiger charge is 2.14. The van der Waals surface area contributed by atoms with Crippen molar-refractivity contribution in [3.8, 4) is 12.4 Å². The Labute approximate surface area is 172 Å². The molecule has 0 saturated heterocycles. The Morgan fingerprint density at radius 2 is 1.82 bits per heavy atom. The Morgan fingerprint density at radius 3 is 2.14 bits per heavy atom. The Morgan fingerprint density at radius 1 is 1.25 bits per heavy atom. The van der Waals surface area contributed by atoms with Crippen LogP contribution >= 0.6 is 23.5 Å². The van der Waals surface area contributed by atoms with Gasteiger partial charge in [-0.3, -0.25) is 10.3 Å². The van der Waals surface area contributed by atoms with Gasteiger partial charge in [-0.25, -0.2) is 9.59 Å². The summed E-state index contributed by atoms with van der Waals surface area (Å²) in [6, 6.07) is 0. The Hall–Kier alpha value is -2.52. The second-order valence-corrected chi connectivity index (χ2v) is 6.38. The molecule has 1 heterocycles. The van der Waals surface area contributed by atoms with Gasteiger partial charge in [-0.2, -0.15) is 15.5 Å². The molecule has 12 nitrogen and oxygen atoms in total. The summed E-state index contributed by atoms with van der Waals surface area (Å²) < 4.78 is 8.59. The van der Waals surface area contributed by atoms with Gasteiger partial charge in [-0.05, 0) is 25.9 Å². The topological polar surface area (TPSA) is 201 Å². The van der Waals surface area contributed by atoms with E-state index in [0.29, 0.717) is 29.5 Å². The maximum Gasteiger partial charge on any atom is 0.373 e. The van der Waals surface area contributed by atoms with E-state index in [0.717, 1.165) is 39.0 Å². The van der Waals surface area contributed by atoms with Crippen molar-refractivity contribution in [3.05, 3.63) is 0 Å². The van der Waals surface area contributed by atoms with Crippen LogP contribution in [0.4, 0.5) is 9.59 Å². The minimum atomic E-state index is -0.657. The van der Waals surface area contributed by atoms with Crippen LogP contribution < -0.4 is 22.1 Å². The van der Waals surface area contributed by atoms with E-state index in [2.05, 4.69) is 30.1 Å². The monoisotopic (exact) mass is 432 g/mol. The fourth-order valence-corrected chi connectivity index (χ4v) is 2.32. The molecule has 14 heteroatoms. The van der Waals surface area contributed by atoms with Gasteiger partial charge in [-0.15, -0.1) is 0 Å². The number of aliphatic imine (C=N–C) groups is 2. The van der Waals surface area contributed by atoms with Gasteiger partial charge < -0.3 is 26.3 Å². The van der Waals surface area contributed by atoms with Crippen molar-refractivity contribution in [3.63, 3.8) is 0 Å². The minimum absolute atomic E-state index is 0.0359. The normalized spacial score (nSPS) is 11.1. The number of hydrogen-bond acceptors (Lipinski definition) is 14. The Kier molecular flexibility index (Phi) is 20.6. The van der Waals surface area contributed by atoms with E-state index in [4.69, 9.17) is 22.0 Å². The van der Waals surface area contributed by atoms with Gasteiger partial charge in [0, 0.05) is 36.6 Å². The highest BCUT2D eigenvalue weighted by atomic mass is 32.2. The quantitative estimate of drug-likeness (QED) is 0.155. The molecule has 0 aromatic heterocycles. The molecule has 28 heavy (non-hydrogen) atoms. The first-order valence-corrected chi connectivity index (χ1v) is 9.44. The van der Waals surface area contributed by atoms with E-state index in [1.807, 2.05) is 0 Å². The average molecular weight is 433 g/mol. The minimum Gasteiger partial charge on any atom is -0.461 e. The van der Waals surface area contributed by atoms with E-state index < -0.39 is 10.6 Å². The number of ether oxygens (including phenoxy) is 2. The molecule has 0 radical (unpaired) electrons. The predicted molar refractivity (Wildman–Crippen MR) is 109 cm³/mol. The summed E-state index contributed by atoms with van der Waals surface area (Å²) in [6.07, 6.45) is 5.25. The molecular formula is C14H24N8O4S2. The first kappa shape index (κ1) is 27.7. The van der Waals surface area contributed by atoms with E-state index >= 15 is 0 Å². The number of nitriles is 2. The molecule has 0 aromatic rings. The Bertz CT molecular complexity index is 579. The number of hydrogen-bond donors (Lipinski definition) is 4. The van der Waals surface area contributed by atoms with Crippen LogP contribution in [0.25, 0.3) is 0 Å². The zero-order chi connectivity index (χ0) is 21.6. The zero-order valence-corrected chi connectivity index (χ0v) is 17.3. The standard InChI is InChI=1S/C6H6N2O4S2.C5H8N4.C3H10N2/c1-11-5(9)13-4(8-3-7)14-6(10)12-2;6-4-9-5-7-2-1-3-8-5;4-2-1-3-5/h1-2H3;1-3H2,(H2,7,8,9);1-5H2. The zero-order valence-electron chi connectivity index (χ0n) is 15.6. The lowest BCUT2D eigenvalue weighted by atomic mass is 10.4. The second kappa shape index (κ2) is 20.8. The predicted octanol–water partition coefficient (Wildman–Crippen LogP) is 0.523. The van der Waals surface area contributed by atoms with Crippen molar-refractivity contribution in [1.82, 2.24) is 10.6 Å². The summed E-state index contributed by atoms with van der Waals surface area (Å²) in [5.74, 6) is 0.601. The number of methoxy groups -OCH3 is 2. The highest BCUT2D eigenvalue weighted by molar-refractivity contribution is 8.49. The molecular weight excluding hydrogens is 408 g/mol. The van der Waals surface area contributed by atoms with Gasteiger partial charge in [0.05, 0.1) is 14.2 Å². The van der Waals surface area contributed by atoms with Crippen LogP contribution in [-0.4, -0.2) is 61.3 Å². The molecule has 1 aliphatic rings. The summed E-state index contributed by atoms with van der Waals surface area (Å²) in [5.41, 5.74) is 10.1. The average Bonchev–Trinajstić information content (AvgIpc) is 2.70. The number of thioether (sulfide) groups is 2. The fraction of sp³-hybridized carbons (Fsp3) is 0.571. The van der Waals surface area contributed by atoms with Crippen LogP contribution in [-0.2, 0) is 9.47 Å². The summed E-state index contributed by atoms with van der Waals surface area (Å²) >= 11 is 1.08. The first-order valence-electron chi connectivity index (χ1n) is 7.80. The van der Waals surface area contributed by atoms with Gasteiger partial charge in [0.15, 0.2) is 10.6 Å². The van der Waals surface area contributed by atoms with E-state index in [1.54, 1.807) is 6.19 Å². The maximum atomic E-state index is 10.8. The molecule has 1 aliphatic heterocycles. The first-order chi connectivity index (χ1) is 13.5. The van der Waals surface area contributed by atoms with E-state index in [1.165, 1.54) is 20.4 Å². The SMILES string of the molecule is COC(=O)SC(=NC#N)SC(=O)OC.N#CNC1=NCCCN1.NCCCN. The van der Waals surface area contributed by atoms with Crippen molar-refractivity contribution in [2.45, 2.75) is 12.8 Å². The van der Waals surface area contributed by atoms with Crippen molar-refractivity contribution < 1.29 is 19.1 Å². The largest absolute Gasteiger partial charge is 0.461 e. The number of guanidine groups is 1. The molecule has 0 aromatic carbocycles. The number of rotatable bonds is 2. The molecule has 0 atom stereocenters. The van der Waals surface area contributed by atoms with Crippen molar-refractivity contribution in [1.29, 1.82) is 10.5 Å². The molecule has 0 unspecified atom stereocenters. The molecule has 0 saturated carbocycles. The number of nitrogens with zero attached hydrogens (tertiary/aromatic N) is 4. The Balaban J connectivity index is 0. The number of nitrogens with one attached hydrogen (secondary N) is 2. The third-order valence-electron chi connectivity index (χ3n) is 2.30. The second-order valence-electron chi connectivity index (χ2n) is 4.27. The smallest absolute Gasteiger partial charge is 0.373 e. The summed E-state index contributed by atoms with van der Waals surface area (Å²) in [7, 11) is 2.37. The van der Waals surface area contributed by atoms with E-state index in [-0.39, 0.29) is 4.38 Å². The number of nitrogens with two attached hydrogens (primary N) is 2. The summed E-state index contributed by atoms with van der Waals surface area (Å²) in [4.78, 5) is 28.7. The van der Waals surface area contributed by atoms with Crippen LogP contribution in [0, 0.1) is 22.9 Å². The lowest BCUT2D eigenvalue weighted by Crippen LogP contribution is -2.38. The highest BCUT2D eigenvalue weighted by Crippen LogP contribution is 2.20. The fourth-order valence-electron chi connectivity index (χ4n) is 1.12. The molecule has 0 bridgehead atoms. The molecule has 0 amide bonds. The van der Waals surface area contributed by atoms with Gasteiger partial charge in [0.2, 0.25) is 12.2 Å². The third kappa shape index (κ3) is 18.3. The molecule has 0 aliphatic carbocycles. The van der Waals surface area contributed by atoms with Gasteiger partial charge in [-0.1, -0.05) is 0 Å². The molecule has 156 valence electrons. The molecule has 0 fully saturated rings. The van der Waals surface area contributed by atoms with Crippen LogP contribution in [0.5, 0.6) is 0 Å². The lowest BCUT2D eigenvalue weighted by molar-refractivity contribution is 0.200. The van der Waals surface area contributed by atoms with E-state index in [9.17, 15) is 9.59 Å². The lowest BCUT2D eigenvalue weighted by Gasteiger charge is -2.11. The molecule has 6 N–H and O–H groups in total. The molecule has 1 rings (SSSR count). The molecule has 0 spiro atoms. The van der Waals surface area contributed by atoms with Crippen molar-refractivity contribution in [2.75, 3.05) is 40.4 Å². The van der Waals surface area contributed by atoms with Crippen LogP contribution in [0.1, 0.15) is 12.8 Å². The van der Waals surface area contributed by atoms with Crippen molar-refractivity contribution in [2.24, 2.45) is 21.5 Å². The summed E-state index contributed by atoms with van der Waals surface area (Å²) in [6.45, 7) is 3.16. The summed E-state index contributed by atoms with van der Waals surface area (Å²) in [5, 5.41) is 20.4. The third-order valence-corrected chi connectivity index (χ3v) is 3.99. The van der Waals surface area contributed by atoms with Gasteiger partial charge in [0.25, 0.3) is 0 Å². The maximum absolute atomic E-state index is 10.8. The van der Waals surface area contributed by atoms with Crippen molar-refractivity contribution >= 4 is 44.5 Å². The van der Waals surface area contributed by atoms with Gasteiger partial charge in [0.1, 0.15) is 0 Å². The number of carbonyl (C=O) groups is 2. The van der Waals surface area contributed by atoms with Crippen LogP contribution in [0.3, 0.4) is 0 Å². The number of carbonyl (C=O) groups excluding carboxylic acids is 2. The van der Waals surface area contributed by atoms with Crippen LogP contribution in [0.15, 0.2) is 9.98 Å². The van der Waals surface area contributed by atoms with Crippen LogP contribution in [0.2, 0.25) is 0 Å². The van der Waals surface area contributed by atoms with Gasteiger partial charge >= 0.3 is 10.6 Å².